The van der Waals surface area contributed by atoms with Gasteiger partial charge in [-0.2, -0.15) is 5.10 Å². The van der Waals surface area contributed by atoms with Crippen LogP contribution >= 0.6 is 11.6 Å². The summed E-state index contributed by atoms with van der Waals surface area (Å²) >= 11 is 6.18. The number of carbonyl (C=O) groups is 1. The van der Waals surface area contributed by atoms with E-state index in [1.807, 2.05) is 32.0 Å². The van der Waals surface area contributed by atoms with E-state index >= 15 is 0 Å². The number of carbonyl (C=O) groups excluding carboxylic acids is 1. The minimum absolute atomic E-state index is 0.143. The van der Waals surface area contributed by atoms with Crippen LogP contribution in [0.4, 0.5) is 0 Å². The number of rotatable bonds is 5. The molecule has 3 rings (SSSR count). The molecule has 0 saturated heterocycles. The Labute approximate surface area is 150 Å². The van der Waals surface area contributed by atoms with Crippen LogP contribution in [0.1, 0.15) is 36.3 Å². The van der Waals surface area contributed by atoms with Gasteiger partial charge in [0.1, 0.15) is 17.9 Å². The molecular formula is C18H19ClN4O2. The van der Waals surface area contributed by atoms with Crippen LogP contribution in [0.5, 0.6) is 0 Å². The minimum atomic E-state index is -0.306. The number of hydrogen-bond donors (Lipinski definition) is 1. The SMILES string of the molecule is CC(C)[C@@H](NC(=O)c1ccc(-c2ccccc2Cl)o1)c1ncnn1C. The van der Waals surface area contributed by atoms with Crippen LogP contribution in [0.25, 0.3) is 11.3 Å². The van der Waals surface area contributed by atoms with Gasteiger partial charge in [0.05, 0.1) is 11.1 Å². The van der Waals surface area contributed by atoms with Gasteiger partial charge in [-0.3, -0.25) is 9.48 Å². The fourth-order valence-corrected chi connectivity index (χ4v) is 2.82. The molecule has 0 unspecified atom stereocenters. The summed E-state index contributed by atoms with van der Waals surface area (Å²) in [5.41, 5.74) is 0.747. The molecule has 1 amide bonds. The summed E-state index contributed by atoms with van der Waals surface area (Å²) in [6.07, 6.45) is 1.47. The summed E-state index contributed by atoms with van der Waals surface area (Å²) in [7, 11) is 1.80. The van der Waals surface area contributed by atoms with Gasteiger partial charge in [-0.15, -0.1) is 0 Å². The number of nitrogens with one attached hydrogen (secondary N) is 1. The summed E-state index contributed by atoms with van der Waals surface area (Å²) in [5, 5.41) is 7.61. The van der Waals surface area contributed by atoms with Crippen molar-refractivity contribution < 1.29 is 9.21 Å². The van der Waals surface area contributed by atoms with E-state index in [1.165, 1.54) is 6.33 Å². The maximum Gasteiger partial charge on any atom is 0.287 e. The number of furan rings is 1. The highest BCUT2D eigenvalue weighted by Crippen LogP contribution is 2.29. The molecule has 3 aromatic rings. The first-order valence-corrected chi connectivity index (χ1v) is 8.34. The number of benzene rings is 1. The number of halogens is 1. The highest BCUT2D eigenvalue weighted by Gasteiger charge is 2.24. The summed E-state index contributed by atoms with van der Waals surface area (Å²) in [5.74, 6) is 1.31. The molecule has 0 fully saturated rings. The van der Waals surface area contributed by atoms with Crippen molar-refractivity contribution >= 4 is 17.5 Å². The Morgan fingerprint density at radius 3 is 2.64 bits per heavy atom. The maximum absolute atomic E-state index is 12.6. The lowest BCUT2D eigenvalue weighted by Gasteiger charge is -2.20. The molecule has 0 saturated carbocycles. The molecule has 0 aliphatic heterocycles. The number of nitrogens with zero attached hydrogens (tertiary/aromatic N) is 3. The third-order valence-corrected chi connectivity index (χ3v) is 4.28. The zero-order valence-corrected chi connectivity index (χ0v) is 15.0. The van der Waals surface area contributed by atoms with Gasteiger partial charge >= 0.3 is 0 Å². The molecule has 0 spiro atoms. The lowest BCUT2D eigenvalue weighted by atomic mass is 10.0. The number of hydrogen-bond acceptors (Lipinski definition) is 4. The van der Waals surface area contributed by atoms with Crippen LogP contribution in [-0.4, -0.2) is 20.7 Å². The molecule has 0 aliphatic carbocycles. The van der Waals surface area contributed by atoms with Crippen LogP contribution < -0.4 is 5.32 Å². The molecule has 2 heterocycles. The van der Waals surface area contributed by atoms with Crippen LogP contribution in [0.15, 0.2) is 47.1 Å². The fourth-order valence-electron chi connectivity index (χ4n) is 2.59. The number of amides is 1. The van der Waals surface area contributed by atoms with Gasteiger partial charge in [0.2, 0.25) is 0 Å². The van der Waals surface area contributed by atoms with E-state index in [0.29, 0.717) is 16.6 Å². The normalized spacial score (nSPS) is 12.4. The summed E-state index contributed by atoms with van der Waals surface area (Å²) in [6.45, 7) is 4.02. The predicted molar refractivity (Wildman–Crippen MR) is 95.2 cm³/mol. The van der Waals surface area contributed by atoms with Crippen molar-refractivity contribution in [2.24, 2.45) is 13.0 Å². The fraction of sp³-hybridized carbons (Fsp3) is 0.278. The average Bonchev–Trinajstić information content (AvgIpc) is 3.22. The van der Waals surface area contributed by atoms with E-state index in [-0.39, 0.29) is 23.6 Å². The zero-order chi connectivity index (χ0) is 18.0. The standard InChI is InChI=1S/C18H19ClN4O2/c1-11(2)16(17-20-10-21-23(17)3)22-18(24)15-9-8-14(25-15)12-6-4-5-7-13(12)19/h4-11,16H,1-3H3,(H,22,24)/t16-/m1/s1. The molecule has 1 aromatic carbocycles. The van der Waals surface area contributed by atoms with Gasteiger partial charge in [0.25, 0.3) is 5.91 Å². The van der Waals surface area contributed by atoms with E-state index in [1.54, 1.807) is 29.9 Å². The summed E-state index contributed by atoms with van der Waals surface area (Å²) in [4.78, 5) is 16.8. The average molecular weight is 359 g/mol. The molecule has 7 heteroatoms. The van der Waals surface area contributed by atoms with Crippen molar-refractivity contribution in [3.8, 4) is 11.3 Å². The maximum atomic E-state index is 12.6. The van der Waals surface area contributed by atoms with Crippen molar-refractivity contribution in [2.75, 3.05) is 0 Å². The lowest BCUT2D eigenvalue weighted by Crippen LogP contribution is -2.33. The van der Waals surface area contributed by atoms with Crippen molar-refractivity contribution in [1.82, 2.24) is 20.1 Å². The number of aryl methyl sites for hydroxylation is 1. The molecule has 25 heavy (non-hydrogen) atoms. The van der Waals surface area contributed by atoms with Crippen LogP contribution in [0.3, 0.4) is 0 Å². The predicted octanol–water partition coefficient (Wildman–Crippen LogP) is 3.86. The van der Waals surface area contributed by atoms with Crippen molar-refractivity contribution in [2.45, 2.75) is 19.9 Å². The molecule has 1 atom stereocenters. The second kappa shape index (κ2) is 7.11. The zero-order valence-electron chi connectivity index (χ0n) is 14.2. The van der Waals surface area contributed by atoms with Crippen molar-refractivity contribution in [3.05, 3.63) is 59.3 Å². The minimum Gasteiger partial charge on any atom is -0.451 e. The van der Waals surface area contributed by atoms with Gasteiger partial charge in [0, 0.05) is 12.6 Å². The Balaban J connectivity index is 1.82. The van der Waals surface area contributed by atoms with Crippen molar-refractivity contribution in [1.29, 1.82) is 0 Å². The molecular weight excluding hydrogens is 340 g/mol. The van der Waals surface area contributed by atoms with Gasteiger partial charge < -0.3 is 9.73 Å². The summed E-state index contributed by atoms with van der Waals surface area (Å²) in [6, 6.07) is 10.4. The van der Waals surface area contributed by atoms with E-state index < -0.39 is 0 Å². The highest BCUT2D eigenvalue weighted by molar-refractivity contribution is 6.33. The first-order chi connectivity index (χ1) is 12.0. The third-order valence-electron chi connectivity index (χ3n) is 3.95. The van der Waals surface area contributed by atoms with Gasteiger partial charge in [-0.25, -0.2) is 4.98 Å². The quantitative estimate of drug-likeness (QED) is 0.751. The van der Waals surface area contributed by atoms with E-state index in [2.05, 4.69) is 15.4 Å². The Morgan fingerprint density at radius 1 is 1.24 bits per heavy atom. The Morgan fingerprint density at radius 2 is 2.00 bits per heavy atom. The third kappa shape index (κ3) is 3.58. The van der Waals surface area contributed by atoms with E-state index in [0.717, 1.165) is 5.56 Å². The molecule has 2 aromatic heterocycles. The first-order valence-electron chi connectivity index (χ1n) is 7.97. The Kier molecular flexibility index (Phi) is 4.90. The molecule has 0 aliphatic rings. The molecule has 1 N–H and O–H groups in total. The molecule has 6 nitrogen and oxygen atoms in total. The highest BCUT2D eigenvalue weighted by atomic mass is 35.5. The largest absolute Gasteiger partial charge is 0.451 e. The van der Waals surface area contributed by atoms with E-state index in [4.69, 9.17) is 16.0 Å². The second-order valence-electron chi connectivity index (χ2n) is 6.08. The lowest BCUT2D eigenvalue weighted by molar-refractivity contribution is 0.0894. The van der Waals surface area contributed by atoms with Gasteiger partial charge in [0.15, 0.2) is 5.76 Å². The Hall–Kier alpha value is -2.60. The van der Waals surface area contributed by atoms with Crippen LogP contribution in [0, 0.1) is 5.92 Å². The van der Waals surface area contributed by atoms with Gasteiger partial charge in [-0.05, 0) is 30.2 Å². The topological polar surface area (TPSA) is 73.0 Å². The monoisotopic (exact) mass is 358 g/mol. The smallest absolute Gasteiger partial charge is 0.287 e. The second-order valence-corrected chi connectivity index (χ2v) is 6.49. The molecule has 0 radical (unpaired) electrons. The summed E-state index contributed by atoms with van der Waals surface area (Å²) < 4.78 is 7.36. The van der Waals surface area contributed by atoms with Crippen LogP contribution in [0.2, 0.25) is 5.02 Å². The number of aromatic nitrogens is 3. The van der Waals surface area contributed by atoms with Gasteiger partial charge in [-0.1, -0.05) is 37.6 Å². The van der Waals surface area contributed by atoms with E-state index in [9.17, 15) is 4.79 Å². The Bertz CT molecular complexity index is 885. The first kappa shape index (κ1) is 17.2. The van der Waals surface area contributed by atoms with Crippen molar-refractivity contribution in [3.63, 3.8) is 0 Å². The molecule has 0 bridgehead atoms. The van der Waals surface area contributed by atoms with Crippen LogP contribution in [-0.2, 0) is 7.05 Å². The molecule has 130 valence electrons.